The Labute approximate surface area is 102 Å². The van der Waals surface area contributed by atoms with Crippen molar-refractivity contribution >= 4 is 11.6 Å². The van der Waals surface area contributed by atoms with E-state index in [1.165, 1.54) is 19.2 Å². The summed E-state index contributed by atoms with van der Waals surface area (Å²) in [5, 5.41) is 0.496. The summed E-state index contributed by atoms with van der Waals surface area (Å²) < 4.78 is 5.69. The molecule has 0 fully saturated rings. The number of rotatable bonds is 6. The van der Waals surface area contributed by atoms with Crippen molar-refractivity contribution in [1.82, 2.24) is 9.97 Å². The third-order valence-electron chi connectivity index (χ3n) is 2.49. The highest BCUT2D eigenvalue weighted by molar-refractivity contribution is 6.30. The van der Waals surface area contributed by atoms with Crippen LogP contribution in [0.5, 0.6) is 5.88 Å². The van der Waals surface area contributed by atoms with E-state index in [1.54, 1.807) is 0 Å². The van der Waals surface area contributed by atoms with Crippen molar-refractivity contribution in [2.45, 2.75) is 40.0 Å². The van der Waals surface area contributed by atoms with Crippen LogP contribution in [0.15, 0.2) is 6.33 Å². The predicted molar refractivity (Wildman–Crippen MR) is 66.0 cm³/mol. The summed E-state index contributed by atoms with van der Waals surface area (Å²) in [7, 11) is 0. The first kappa shape index (κ1) is 13.2. The largest absolute Gasteiger partial charge is 0.477 e. The molecule has 90 valence electrons. The van der Waals surface area contributed by atoms with Gasteiger partial charge in [0.25, 0.3) is 0 Å². The highest BCUT2D eigenvalue weighted by Crippen LogP contribution is 2.22. The maximum absolute atomic E-state index is 5.97. The van der Waals surface area contributed by atoms with Gasteiger partial charge in [0.05, 0.1) is 12.2 Å². The predicted octanol–water partition coefficient (Wildman–Crippen LogP) is 3.51. The summed E-state index contributed by atoms with van der Waals surface area (Å²) in [6, 6.07) is 0. The molecule has 0 aromatic carbocycles. The minimum absolute atomic E-state index is 0.496. The van der Waals surface area contributed by atoms with Crippen LogP contribution in [0.25, 0.3) is 0 Å². The first-order chi connectivity index (χ1) is 7.69. The van der Waals surface area contributed by atoms with Crippen LogP contribution < -0.4 is 4.74 Å². The van der Waals surface area contributed by atoms with E-state index in [-0.39, 0.29) is 0 Å². The molecule has 1 aromatic rings. The zero-order valence-corrected chi connectivity index (χ0v) is 10.9. The Kier molecular flexibility index (Phi) is 5.53. The Morgan fingerprint density at radius 3 is 2.75 bits per heavy atom. The van der Waals surface area contributed by atoms with E-state index in [0.29, 0.717) is 23.6 Å². The molecule has 1 heterocycles. The zero-order valence-electron chi connectivity index (χ0n) is 10.2. The number of halogens is 1. The van der Waals surface area contributed by atoms with Crippen molar-refractivity contribution in [3.8, 4) is 5.88 Å². The molecule has 0 aliphatic carbocycles. The van der Waals surface area contributed by atoms with E-state index in [4.69, 9.17) is 16.3 Å². The highest BCUT2D eigenvalue weighted by Gasteiger charge is 2.10. The Morgan fingerprint density at radius 1 is 1.38 bits per heavy atom. The van der Waals surface area contributed by atoms with Gasteiger partial charge in [0, 0.05) is 0 Å². The fraction of sp³-hybridized carbons (Fsp3) is 0.667. The Bertz CT molecular complexity index is 331. The van der Waals surface area contributed by atoms with Crippen LogP contribution in [-0.4, -0.2) is 16.6 Å². The normalized spacial score (nSPS) is 12.5. The van der Waals surface area contributed by atoms with Crippen molar-refractivity contribution in [3.05, 3.63) is 17.0 Å². The quantitative estimate of drug-likeness (QED) is 0.716. The molecule has 0 spiro atoms. The molecule has 1 aromatic heterocycles. The fourth-order valence-electron chi connectivity index (χ4n) is 1.59. The standard InChI is InChI=1S/C12H19ClN2O/c1-4-6-9(3)7-16-12-10(5-2)11(13)14-8-15-12/h8-9H,4-7H2,1-3H3. The van der Waals surface area contributed by atoms with E-state index in [2.05, 4.69) is 23.8 Å². The maximum atomic E-state index is 5.97. The lowest BCUT2D eigenvalue weighted by atomic mass is 10.1. The van der Waals surface area contributed by atoms with Gasteiger partial charge in [-0.15, -0.1) is 0 Å². The molecule has 0 aliphatic rings. The molecule has 0 N–H and O–H groups in total. The highest BCUT2D eigenvalue weighted by atomic mass is 35.5. The fourth-order valence-corrected chi connectivity index (χ4v) is 1.85. The first-order valence-corrected chi connectivity index (χ1v) is 6.18. The Balaban J connectivity index is 2.63. The van der Waals surface area contributed by atoms with Gasteiger partial charge in [-0.3, -0.25) is 0 Å². The van der Waals surface area contributed by atoms with Gasteiger partial charge in [0.1, 0.15) is 11.5 Å². The third kappa shape index (κ3) is 3.63. The van der Waals surface area contributed by atoms with Crippen LogP contribution in [0.3, 0.4) is 0 Å². The third-order valence-corrected chi connectivity index (χ3v) is 2.82. The topological polar surface area (TPSA) is 35.0 Å². The van der Waals surface area contributed by atoms with Crippen molar-refractivity contribution in [2.24, 2.45) is 5.92 Å². The minimum Gasteiger partial charge on any atom is -0.477 e. The van der Waals surface area contributed by atoms with Gasteiger partial charge in [-0.1, -0.05) is 38.8 Å². The minimum atomic E-state index is 0.496. The van der Waals surface area contributed by atoms with Crippen molar-refractivity contribution in [3.63, 3.8) is 0 Å². The zero-order chi connectivity index (χ0) is 12.0. The van der Waals surface area contributed by atoms with Crippen LogP contribution >= 0.6 is 11.6 Å². The van der Waals surface area contributed by atoms with Crippen LogP contribution in [0.2, 0.25) is 5.15 Å². The number of hydrogen-bond donors (Lipinski definition) is 0. The maximum Gasteiger partial charge on any atom is 0.221 e. The van der Waals surface area contributed by atoms with E-state index in [1.807, 2.05) is 6.92 Å². The molecule has 0 saturated carbocycles. The lowest BCUT2D eigenvalue weighted by molar-refractivity contribution is 0.240. The number of aromatic nitrogens is 2. The average Bonchev–Trinajstić information content (AvgIpc) is 2.27. The molecular formula is C12H19ClN2O. The number of ether oxygens (including phenoxy) is 1. The molecular weight excluding hydrogens is 224 g/mol. The summed E-state index contributed by atoms with van der Waals surface area (Å²) in [4.78, 5) is 8.07. The summed E-state index contributed by atoms with van der Waals surface area (Å²) >= 11 is 5.97. The molecule has 4 heteroatoms. The number of nitrogens with zero attached hydrogens (tertiary/aromatic N) is 2. The van der Waals surface area contributed by atoms with Crippen LogP contribution in [-0.2, 0) is 6.42 Å². The number of hydrogen-bond acceptors (Lipinski definition) is 3. The SMILES string of the molecule is CCCC(C)COc1ncnc(Cl)c1CC. The van der Waals surface area contributed by atoms with E-state index in [9.17, 15) is 0 Å². The monoisotopic (exact) mass is 242 g/mol. The van der Waals surface area contributed by atoms with E-state index >= 15 is 0 Å². The molecule has 1 unspecified atom stereocenters. The molecule has 1 rings (SSSR count). The molecule has 0 bridgehead atoms. The van der Waals surface area contributed by atoms with Gasteiger partial charge in [0.2, 0.25) is 5.88 Å². The van der Waals surface area contributed by atoms with E-state index in [0.717, 1.165) is 12.0 Å². The van der Waals surface area contributed by atoms with Gasteiger partial charge in [0.15, 0.2) is 0 Å². The first-order valence-electron chi connectivity index (χ1n) is 5.81. The van der Waals surface area contributed by atoms with Crippen molar-refractivity contribution in [1.29, 1.82) is 0 Å². The molecule has 16 heavy (non-hydrogen) atoms. The van der Waals surface area contributed by atoms with Gasteiger partial charge in [-0.05, 0) is 18.8 Å². The Hall–Kier alpha value is -0.830. The summed E-state index contributed by atoms with van der Waals surface area (Å²) in [5.74, 6) is 1.17. The molecule has 1 atom stereocenters. The van der Waals surface area contributed by atoms with Crippen LogP contribution in [0, 0.1) is 5.92 Å². The van der Waals surface area contributed by atoms with Gasteiger partial charge in [-0.2, -0.15) is 0 Å². The summed E-state index contributed by atoms with van der Waals surface area (Å²) in [5.41, 5.74) is 0.896. The molecule has 0 saturated heterocycles. The molecule has 0 radical (unpaired) electrons. The van der Waals surface area contributed by atoms with Crippen LogP contribution in [0.4, 0.5) is 0 Å². The Morgan fingerprint density at radius 2 is 2.12 bits per heavy atom. The van der Waals surface area contributed by atoms with Crippen LogP contribution in [0.1, 0.15) is 39.2 Å². The lowest BCUT2D eigenvalue weighted by Gasteiger charge is -2.13. The van der Waals surface area contributed by atoms with E-state index < -0.39 is 0 Å². The summed E-state index contributed by atoms with van der Waals surface area (Å²) in [6.45, 7) is 7.06. The van der Waals surface area contributed by atoms with Crippen molar-refractivity contribution in [2.75, 3.05) is 6.61 Å². The molecule has 0 amide bonds. The van der Waals surface area contributed by atoms with Gasteiger partial charge < -0.3 is 4.74 Å². The summed E-state index contributed by atoms with van der Waals surface area (Å²) in [6.07, 6.45) is 4.58. The second-order valence-electron chi connectivity index (χ2n) is 4.01. The average molecular weight is 243 g/mol. The van der Waals surface area contributed by atoms with Crippen molar-refractivity contribution < 1.29 is 4.74 Å². The molecule has 0 aliphatic heterocycles. The second-order valence-corrected chi connectivity index (χ2v) is 4.36. The molecule has 3 nitrogen and oxygen atoms in total. The second kappa shape index (κ2) is 6.69. The van der Waals surface area contributed by atoms with Gasteiger partial charge in [-0.25, -0.2) is 9.97 Å². The smallest absolute Gasteiger partial charge is 0.221 e. The lowest BCUT2D eigenvalue weighted by Crippen LogP contribution is -2.10. The van der Waals surface area contributed by atoms with Gasteiger partial charge >= 0.3 is 0 Å².